The smallest absolute Gasteiger partial charge is 0.475 e. The van der Waals surface area contributed by atoms with E-state index in [0.717, 1.165) is 41.1 Å². The Morgan fingerprint density at radius 3 is 2.63 bits per heavy atom. The third-order valence-electron chi connectivity index (χ3n) is 5.70. The van der Waals surface area contributed by atoms with Crippen molar-refractivity contribution in [2.24, 2.45) is 23.5 Å². The fourth-order valence-corrected chi connectivity index (χ4v) is 4.62. The number of carboxylic acids is 1. The number of aliphatic carboxylic acids is 1. The van der Waals surface area contributed by atoms with Gasteiger partial charge in [-0.15, -0.1) is 0 Å². The third-order valence-corrected chi connectivity index (χ3v) is 6.13. The van der Waals surface area contributed by atoms with Crippen molar-refractivity contribution in [1.29, 1.82) is 0 Å². The molecule has 1 saturated carbocycles. The van der Waals surface area contributed by atoms with E-state index >= 15 is 0 Å². The first-order valence-corrected chi connectivity index (χ1v) is 10.0. The summed E-state index contributed by atoms with van der Waals surface area (Å²) in [6.07, 6.45) is -0.540. The number of hydrogen-bond acceptors (Lipinski definition) is 5. The minimum atomic E-state index is -5.08. The van der Waals surface area contributed by atoms with Crippen molar-refractivity contribution in [2.45, 2.75) is 25.6 Å². The van der Waals surface area contributed by atoms with Gasteiger partial charge in [0, 0.05) is 16.7 Å². The summed E-state index contributed by atoms with van der Waals surface area (Å²) in [4.78, 5) is 20.7. The van der Waals surface area contributed by atoms with Crippen LogP contribution in [0.2, 0.25) is 0 Å². The van der Waals surface area contributed by atoms with E-state index in [9.17, 15) is 18.0 Å². The second kappa shape index (κ2) is 8.42. The van der Waals surface area contributed by atoms with Crippen LogP contribution in [0.25, 0.3) is 5.52 Å². The molecule has 0 bridgehead atoms. The summed E-state index contributed by atoms with van der Waals surface area (Å²) in [6.45, 7) is 4.49. The predicted molar refractivity (Wildman–Crippen MR) is 106 cm³/mol. The number of anilines is 1. The first kappa shape index (κ1) is 22.3. The number of amides is 1. The molecule has 30 heavy (non-hydrogen) atoms. The molecule has 1 aliphatic heterocycles. The van der Waals surface area contributed by atoms with Crippen LogP contribution in [-0.4, -0.2) is 51.9 Å². The highest BCUT2D eigenvalue weighted by molar-refractivity contribution is 9.10. The van der Waals surface area contributed by atoms with Gasteiger partial charge < -0.3 is 21.5 Å². The van der Waals surface area contributed by atoms with Crippen LogP contribution in [0.4, 0.5) is 18.9 Å². The maximum atomic E-state index is 11.8. The van der Waals surface area contributed by atoms with Gasteiger partial charge in [-0.25, -0.2) is 9.31 Å². The predicted octanol–water partition coefficient (Wildman–Crippen LogP) is 2.48. The Balaban J connectivity index is 0.000000318. The number of alkyl halides is 3. The molecule has 1 saturated heterocycles. The first-order chi connectivity index (χ1) is 14.0. The molecule has 4 rings (SSSR count). The van der Waals surface area contributed by atoms with Gasteiger partial charge in [-0.1, -0.05) is 6.92 Å². The number of hydrogen-bond donors (Lipinski definition) is 4. The Morgan fingerprint density at radius 1 is 1.40 bits per heavy atom. The highest BCUT2D eigenvalue weighted by Gasteiger charge is 2.43. The van der Waals surface area contributed by atoms with E-state index in [1.165, 1.54) is 0 Å². The second-order valence-corrected chi connectivity index (χ2v) is 8.43. The van der Waals surface area contributed by atoms with E-state index in [1.807, 2.05) is 12.3 Å². The Labute approximate surface area is 178 Å². The summed E-state index contributed by atoms with van der Waals surface area (Å²) in [5.74, 6) is -1.22. The van der Waals surface area contributed by atoms with Crippen LogP contribution in [0.3, 0.4) is 0 Å². The van der Waals surface area contributed by atoms with Crippen molar-refractivity contribution < 1.29 is 27.9 Å². The zero-order chi connectivity index (χ0) is 22.2. The van der Waals surface area contributed by atoms with Crippen molar-refractivity contribution in [1.82, 2.24) is 14.9 Å². The monoisotopic (exact) mass is 491 g/mol. The maximum absolute atomic E-state index is 11.8. The molecule has 3 heterocycles. The lowest BCUT2D eigenvalue weighted by molar-refractivity contribution is -0.192. The van der Waals surface area contributed by atoms with Crippen molar-refractivity contribution >= 4 is 39.0 Å². The number of carbonyl (C=O) groups is 2. The summed E-state index contributed by atoms with van der Waals surface area (Å²) < 4.78 is 34.4. The highest BCUT2D eigenvalue weighted by Crippen LogP contribution is 2.41. The van der Waals surface area contributed by atoms with Crippen molar-refractivity contribution in [3.05, 3.63) is 28.5 Å². The number of carboxylic acid groups (broad SMARTS) is 1. The van der Waals surface area contributed by atoms with Gasteiger partial charge in [0.25, 0.3) is 5.91 Å². The minimum absolute atomic E-state index is 0.352. The molecule has 0 aromatic carbocycles. The molecule has 2 aromatic heterocycles. The number of nitrogens with two attached hydrogens (primary N) is 1. The fourth-order valence-electron chi connectivity index (χ4n) is 4.21. The number of carbonyl (C=O) groups excluding carboxylic acids is 1. The number of nitrogens with zero attached hydrogens (tertiary/aromatic N) is 2. The van der Waals surface area contributed by atoms with Crippen LogP contribution >= 0.6 is 15.9 Å². The van der Waals surface area contributed by atoms with Crippen LogP contribution < -0.4 is 16.4 Å². The molecular weight excluding hydrogens is 471 g/mol. The largest absolute Gasteiger partial charge is 0.490 e. The summed E-state index contributed by atoms with van der Waals surface area (Å²) in [5.41, 5.74) is 7.68. The van der Waals surface area contributed by atoms with Gasteiger partial charge in [0.1, 0.15) is 0 Å². The number of halogens is 4. The summed E-state index contributed by atoms with van der Waals surface area (Å²) in [5, 5.41) is 18.5. The van der Waals surface area contributed by atoms with Gasteiger partial charge in [-0.2, -0.15) is 18.3 Å². The topological polar surface area (TPSA) is 122 Å². The van der Waals surface area contributed by atoms with E-state index in [1.54, 1.807) is 10.7 Å². The zero-order valence-corrected chi connectivity index (χ0v) is 17.5. The van der Waals surface area contributed by atoms with Crippen molar-refractivity contribution in [3.8, 4) is 0 Å². The van der Waals surface area contributed by atoms with Crippen LogP contribution in [0.15, 0.2) is 22.9 Å². The van der Waals surface area contributed by atoms with E-state index in [4.69, 9.17) is 15.6 Å². The molecule has 164 valence electrons. The first-order valence-electron chi connectivity index (χ1n) is 9.23. The van der Waals surface area contributed by atoms with Crippen molar-refractivity contribution in [2.75, 3.05) is 18.4 Å². The number of fused-ring (bicyclic) bond motifs is 2. The average Bonchev–Trinajstić information content (AvgIpc) is 3.31. The minimum Gasteiger partial charge on any atom is -0.475 e. The van der Waals surface area contributed by atoms with Crippen LogP contribution in [0.1, 0.15) is 23.7 Å². The molecular formula is C18H21BrF3N5O3. The molecule has 5 N–H and O–H groups in total. The molecule has 1 amide bonds. The van der Waals surface area contributed by atoms with E-state index in [-0.39, 0.29) is 0 Å². The molecule has 0 spiro atoms. The Kier molecular flexibility index (Phi) is 6.27. The number of nitrogens with one attached hydrogen (secondary N) is 2. The molecule has 12 heteroatoms. The lowest BCUT2D eigenvalue weighted by Gasteiger charge is -2.23. The third kappa shape index (κ3) is 4.53. The molecule has 0 unspecified atom stereocenters. The lowest BCUT2D eigenvalue weighted by Crippen LogP contribution is -2.29. The van der Waals surface area contributed by atoms with Gasteiger partial charge in [-0.05, 0) is 59.3 Å². The lowest BCUT2D eigenvalue weighted by atomic mass is 9.93. The molecule has 2 aromatic rings. The standard InChI is InChI=1S/C16H20BrN5O.C2HF3O2/c1-8-11-5-19-4-9(11)2-13(8)21-15-12(16(18)23)6-20-22-7-10(17)3-14(15)22;3-2(4,5)1(6)7/h3,6-9,11,13,19,21H,2,4-5H2,1H3,(H2,18,23);(H,6,7)/t8-,9-,11-,13-;/m1./s1. The SMILES string of the molecule is C[C@@H]1[C@H]2CNC[C@H]2C[C@H]1Nc1c(C(N)=O)cnn2cc(Br)cc12.O=C(O)C(F)(F)F. The van der Waals surface area contributed by atoms with Gasteiger partial charge >= 0.3 is 12.1 Å². The Bertz CT molecular complexity index is 964. The number of primary amides is 1. The van der Waals surface area contributed by atoms with Crippen LogP contribution in [-0.2, 0) is 4.79 Å². The van der Waals surface area contributed by atoms with Gasteiger partial charge in [0.15, 0.2) is 0 Å². The zero-order valence-electron chi connectivity index (χ0n) is 15.9. The summed E-state index contributed by atoms with van der Waals surface area (Å²) in [6, 6.07) is 2.31. The maximum Gasteiger partial charge on any atom is 0.490 e. The molecule has 2 aliphatic rings. The summed E-state index contributed by atoms with van der Waals surface area (Å²) >= 11 is 3.47. The summed E-state index contributed by atoms with van der Waals surface area (Å²) in [7, 11) is 0. The molecule has 0 radical (unpaired) electrons. The van der Waals surface area contributed by atoms with E-state index in [2.05, 4.69) is 38.6 Å². The molecule has 1 aliphatic carbocycles. The second-order valence-electron chi connectivity index (χ2n) is 7.52. The molecule has 2 fully saturated rings. The fraction of sp³-hybridized carbons (Fsp3) is 0.500. The number of rotatable bonds is 3. The Morgan fingerprint density at radius 2 is 2.07 bits per heavy atom. The highest BCUT2D eigenvalue weighted by atomic mass is 79.9. The van der Waals surface area contributed by atoms with Gasteiger partial charge in [0.2, 0.25) is 0 Å². The van der Waals surface area contributed by atoms with Crippen molar-refractivity contribution in [3.63, 3.8) is 0 Å². The van der Waals surface area contributed by atoms with Gasteiger partial charge in [0.05, 0.1) is 23.0 Å². The van der Waals surface area contributed by atoms with Crippen LogP contribution in [0, 0.1) is 17.8 Å². The molecule has 4 atom stereocenters. The van der Waals surface area contributed by atoms with Gasteiger partial charge in [-0.3, -0.25) is 4.79 Å². The van der Waals surface area contributed by atoms with E-state index < -0.39 is 18.1 Å². The number of aromatic nitrogens is 2. The molecule has 8 nitrogen and oxygen atoms in total. The quantitative estimate of drug-likeness (QED) is 0.523. The van der Waals surface area contributed by atoms with Crippen LogP contribution in [0.5, 0.6) is 0 Å². The average molecular weight is 492 g/mol. The Hall–Kier alpha value is -2.34. The normalized spacial score (nSPS) is 25.5. The van der Waals surface area contributed by atoms with E-state index in [0.29, 0.717) is 23.4 Å².